The fourth-order valence-electron chi connectivity index (χ4n) is 2.00. The maximum absolute atomic E-state index is 11.9. The van der Waals surface area contributed by atoms with Gasteiger partial charge in [0, 0.05) is 6.54 Å². The Morgan fingerprint density at radius 2 is 1.83 bits per heavy atom. The first-order valence-electron chi connectivity index (χ1n) is 7.02. The summed E-state index contributed by atoms with van der Waals surface area (Å²) in [4.78, 5) is 23.3. The summed E-state index contributed by atoms with van der Waals surface area (Å²) in [7, 11) is 1.45. The summed E-state index contributed by atoms with van der Waals surface area (Å²) in [6.07, 6.45) is 0. The van der Waals surface area contributed by atoms with Gasteiger partial charge >= 0.3 is 0 Å². The van der Waals surface area contributed by atoms with E-state index in [1.54, 1.807) is 12.1 Å². The molecule has 2 amide bonds. The van der Waals surface area contributed by atoms with Gasteiger partial charge in [-0.2, -0.15) is 0 Å². The van der Waals surface area contributed by atoms with Gasteiger partial charge < -0.3 is 20.5 Å². The van der Waals surface area contributed by atoms with Crippen LogP contribution in [0.4, 0.5) is 0 Å². The normalized spacial score (nSPS) is 9.96. The van der Waals surface area contributed by atoms with Gasteiger partial charge in [-0.1, -0.05) is 36.4 Å². The van der Waals surface area contributed by atoms with Crippen LogP contribution in [-0.2, 0) is 11.3 Å². The minimum Gasteiger partial charge on any atom is -0.493 e. The molecule has 23 heavy (non-hydrogen) atoms. The topological polar surface area (TPSA) is 90.7 Å². The maximum atomic E-state index is 11.9. The quantitative estimate of drug-likeness (QED) is 0.810. The van der Waals surface area contributed by atoms with Gasteiger partial charge in [0.05, 0.1) is 12.7 Å². The Morgan fingerprint density at radius 1 is 1.09 bits per heavy atom. The number of hydrogen-bond donors (Lipinski definition) is 2. The Kier molecular flexibility index (Phi) is 5.57. The highest BCUT2D eigenvalue weighted by molar-refractivity contribution is 5.96. The van der Waals surface area contributed by atoms with Crippen LogP contribution in [0.2, 0.25) is 0 Å². The Hall–Kier alpha value is -3.02. The number of para-hydroxylation sites is 1. The van der Waals surface area contributed by atoms with Crippen molar-refractivity contribution < 1.29 is 19.1 Å². The average molecular weight is 314 g/mol. The molecule has 2 rings (SSSR count). The van der Waals surface area contributed by atoms with Crippen molar-refractivity contribution in [3.63, 3.8) is 0 Å². The number of ether oxygens (including phenoxy) is 2. The maximum Gasteiger partial charge on any atom is 0.258 e. The first-order valence-corrected chi connectivity index (χ1v) is 7.02. The van der Waals surface area contributed by atoms with Gasteiger partial charge in [0.15, 0.2) is 18.1 Å². The monoisotopic (exact) mass is 314 g/mol. The minimum atomic E-state index is -0.649. The molecule has 0 aliphatic rings. The van der Waals surface area contributed by atoms with E-state index in [9.17, 15) is 9.59 Å². The summed E-state index contributed by atoms with van der Waals surface area (Å²) in [5, 5.41) is 2.73. The van der Waals surface area contributed by atoms with Gasteiger partial charge in [-0.15, -0.1) is 0 Å². The molecule has 0 unspecified atom stereocenters. The summed E-state index contributed by atoms with van der Waals surface area (Å²) in [6.45, 7) is 0.158. The smallest absolute Gasteiger partial charge is 0.258 e. The van der Waals surface area contributed by atoms with E-state index in [1.807, 2.05) is 30.3 Å². The van der Waals surface area contributed by atoms with Crippen molar-refractivity contribution in [2.24, 2.45) is 5.73 Å². The van der Waals surface area contributed by atoms with Gasteiger partial charge in [-0.3, -0.25) is 9.59 Å². The number of rotatable bonds is 7. The van der Waals surface area contributed by atoms with Gasteiger partial charge in [0.2, 0.25) is 0 Å². The third-order valence-corrected chi connectivity index (χ3v) is 3.14. The average Bonchev–Trinajstić information content (AvgIpc) is 2.58. The fraction of sp³-hybridized carbons (Fsp3) is 0.176. The summed E-state index contributed by atoms with van der Waals surface area (Å²) >= 11 is 0. The van der Waals surface area contributed by atoms with Gasteiger partial charge in [0.1, 0.15) is 0 Å². The molecule has 0 fully saturated rings. The molecule has 0 aliphatic carbocycles. The lowest BCUT2D eigenvalue weighted by Crippen LogP contribution is -2.29. The van der Waals surface area contributed by atoms with E-state index >= 15 is 0 Å². The first kappa shape index (κ1) is 16.4. The molecule has 6 nitrogen and oxygen atoms in total. The predicted molar refractivity (Wildman–Crippen MR) is 85.3 cm³/mol. The third kappa shape index (κ3) is 4.47. The number of amides is 2. The van der Waals surface area contributed by atoms with E-state index in [0.717, 1.165) is 5.56 Å². The van der Waals surface area contributed by atoms with E-state index in [0.29, 0.717) is 12.3 Å². The zero-order valence-electron chi connectivity index (χ0n) is 12.7. The number of benzene rings is 2. The highest BCUT2D eigenvalue weighted by Crippen LogP contribution is 2.30. The second-order valence-electron chi connectivity index (χ2n) is 4.75. The van der Waals surface area contributed by atoms with E-state index in [1.165, 1.54) is 13.2 Å². The van der Waals surface area contributed by atoms with Crippen LogP contribution in [0.3, 0.4) is 0 Å². The number of hydrogen-bond acceptors (Lipinski definition) is 4. The van der Waals surface area contributed by atoms with Crippen LogP contribution in [0, 0.1) is 0 Å². The molecule has 120 valence electrons. The van der Waals surface area contributed by atoms with E-state index in [2.05, 4.69) is 5.32 Å². The van der Waals surface area contributed by atoms with Crippen molar-refractivity contribution in [2.45, 2.75) is 6.54 Å². The lowest BCUT2D eigenvalue weighted by molar-refractivity contribution is -0.123. The molecule has 0 saturated heterocycles. The van der Waals surface area contributed by atoms with Crippen molar-refractivity contribution in [1.29, 1.82) is 0 Å². The number of primary amides is 1. The van der Waals surface area contributed by atoms with Crippen molar-refractivity contribution in [3.8, 4) is 11.5 Å². The van der Waals surface area contributed by atoms with Gasteiger partial charge in [-0.25, -0.2) is 0 Å². The Labute approximate surface area is 134 Å². The molecule has 0 aliphatic heterocycles. The Bertz CT molecular complexity index is 686. The Balaban J connectivity index is 1.97. The third-order valence-electron chi connectivity index (χ3n) is 3.14. The van der Waals surface area contributed by atoms with Crippen molar-refractivity contribution in [1.82, 2.24) is 5.32 Å². The molecule has 2 aromatic rings. The van der Waals surface area contributed by atoms with Gasteiger partial charge in [0.25, 0.3) is 11.8 Å². The number of nitrogens with two attached hydrogens (primary N) is 1. The molecular formula is C17H18N2O4. The lowest BCUT2D eigenvalue weighted by Gasteiger charge is -2.13. The molecule has 0 atom stereocenters. The molecule has 6 heteroatoms. The molecule has 2 aromatic carbocycles. The van der Waals surface area contributed by atoms with Crippen LogP contribution >= 0.6 is 0 Å². The lowest BCUT2D eigenvalue weighted by atomic mass is 10.2. The highest BCUT2D eigenvalue weighted by atomic mass is 16.5. The molecule has 3 N–H and O–H groups in total. The van der Waals surface area contributed by atoms with E-state index in [4.69, 9.17) is 15.2 Å². The predicted octanol–water partition coefficient (Wildman–Crippen LogP) is 1.49. The van der Waals surface area contributed by atoms with Crippen LogP contribution in [0.25, 0.3) is 0 Å². The van der Waals surface area contributed by atoms with Crippen LogP contribution in [0.5, 0.6) is 11.5 Å². The fourth-order valence-corrected chi connectivity index (χ4v) is 2.00. The zero-order chi connectivity index (χ0) is 16.7. The first-order chi connectivity index (χ1) is 11.1. The van der Waals surface area contributed by atoms with Crippen LogP contribution in [0.15, 0.2) is 48.5 Å². The van der Waals surface area contributed by atoms with Gasteiger partial charge in [-0.05, 0) is 17.7 Å². The standard InChI is InChI=1S/C17H18N2O4/c1-22-14-9-5-8-13(17(18)21)16(14)23-11-15(20)19-10-12-6-3-2-4-7-12/h2-9H,10-11H2,1H3,(H2,18,21)(H,19,20). The molecule has 0 spiro atoms. The van der Waals surface area contributed by atoms with Crippen molar-refractivity contribution >= 4 is 11.8 Å². The largest absolute Gasteiger partial charge is 0.493 e. The highest BCUT2D eigenvalue weighted by Gasteiger charge is 2.16. The zero-order valence-corrected chi connectivity index (χ0v) is 12.7. The summed E-state index contributed by atoms with van der Waals surface area (Å²) < 4.78 is 10.6. The minimum absolute atomic E-state index is 0.164. The number of methoxy groups -OCH3 is 1. The molecule has 0 heterocycles. The van der Waals surface area contributed by atoms with Crippen LogP contribution in [-0.4, -0.2) is 25.5 Å². The van der Waals surface area contributed by atoms with Crippen molar-refractivity contribution in [2.75, 3.05) is 13.7 Å². The molecule has 0 saturated carbocycles. The molecule has 0 radical (unpaired) electrons. The second-order valence-corrected chi connectivity index (χ2v) is 4.75. The Morgan fingerprint density at radius 3 is 2.48 bits per heavy atom. The summed E-state index contributed by atoms with van der Waals surface area (Å²) in [5.41, 5.74) is 6.45. The molecule has 0 aromatic heterocycles. The molecule has 0 bridgehead atoms. The number of nitrogens with one attached hydrogen (secondary N) is 1. The van der Waals surface area contributed by atoms with Crippen LogP contribution < -0.4 is 20.5 Å². The summed E-state index contributed by atoms with van der Waals surface area (Å²) in [5.74, 6) is -0.451. The second kappa shape index (κ2) is 7.84. The van der Waals surface area contributed by atoms with E-state index < -0.39 is 5.91 Å². The van der Waals surface area contributed by atoms with Crippen molar-refractivity contribution in [3.05, 3.63) is 59.7 Å². The van der Waals surface area contributed by atoms with Crippen LogP contribution in [0.1, 0.15) is 15.9 Å². The summed E-state index contributed by atoms with van der Waals surface area (Å²) in [6, 6.07) is 14.3. The number of carbonyl (C=O) groups is 2. The number of carbonyl (C=O) groups excluding carboxylic acids is 2. The SMILES string of the molecule is COc1cccc(C(N)=O)c1OCC(=O)NCc1ccccc1. The molecular weight excluding hydrogens is 296 g/mol. The van der Waals surface area contributed by atoms with E-state index in [-0.39, 0.29) is 23.8 Å².